The molecule has 0 unspecified atom stereocenters. The lowest BCUT2D eigenvalue weighted by atomic mass is 10.2. The quantitative estimate of drug-likeness (QED) is 0.713. The zero-order chi connectivity index (χ0) is 8.27. The number of benzene rings is 1. The lowest BCUT2D eigenvalue weighted by Crippen LogP contribution is -1.98. The van der Waals surface area contributed by atoms with E-state index in [0.29, 0.717) is 10.0 Å². The number of nitrogens with one attached hydrogen (secondary N) is 1. The molecule has 0 aromatic heterocycles. The van der Waals surface area contributed by atoms with Crippen LogP contribution in [0.3, 0.4) is 0 Å². The predicted molar refractivity (Wildman–Crippen MR) is 44.4 cm³/mol. The van der Waals surface area contributed by atoms with Crippen molar-refractivity contribution in [1.82, 2.24) is 5.54 Å². The van der Waals surface area contributed by atoms with Gasteiger partial charge in [-0.1, -0.05) is 29.3 Å². The molecule has 0 aliphatic carbocycles. The largest absolute Gasteiger partial charge is 0.155 e. The van der Waals surface area contributed by atoms with Crippen LogP contribution in [-0.4, -0.2) is 0 Å². The summed E-state index contributed by atoms with van der Waals surface area (Å²) >= 11 is 11.3. The van der Waals surface area contributed by atoms with Gasteiger partial charge in [-0.25, -0.2) is 0 Å². The van der Waals surface area contributed by atoms with Crippen molar-refractivity contribution in [1.29, 1.82) is 0 Å². The third kappa shape index (κ3) is 2.33. The van der Waals surface area contributed by atoms with Crippen molar-refractivity contribution in [2.75, 3.05) is 0 Å². The van der Waals surface area contributed by atoms with Crippen LogP contribution in [0.5, 0.6) is 0 Å². The van der Waals surface area contributed by atoms with E-state index < -0.39 is 0 Å². The summed E-state index contributed by atoms with van der Waals surface area (Å²) in [4.78, 5) is 0. The fourth-order valence-electron chi connectivity index (χ4n) is 0.727. The molecule has 0 aliphatic heterocycles. The first kappa shape index (κ1) is 8.78. The Morgan fingerprint density at radius 2 is 2.00 bits per heavy atom. The van der Waals surface area contributed by atoms with Crippen LogP contribution in [0, 0.1) is 0 Å². The van der Waals surface area contributed by atoms with Gasteiger partial charge in [-0.3, -0.25) is 0 Å². The second-order valence-corrected chi connectivity index (χ2v) is 2.87. The van der Waals surface area contributed by atoms with Crippen LogP contribution in [0.4, 0.5) is 4.48 Å². The molecule has 0 saturated heterocycles. The third-order valence-electron chi connectivity index (χ3n) is 1.25. The molecule has 0 spiro atoms. The predicted octanol–water partition coefficient (Wildman–Crippen LogP) is 2.97. The highest BCUT2D eigenvalue weighted by Crippen LogP contribution is 2.22. The van der Waals surface area contributed by atoms with Crippen LogP contribution in [-0.2, 0) is 6.54 Å². The molecule has 1 nitrogen and oxygen atoms in total. The van der Waals surface area contributed by atoms with E-state index in [-0.39, 0.29) is 6.54 Å². The van der Waals surface area contributed by atoms with E-state index in [9.17, 15) is 4.48 Å². The molecule has 11 heavy (non-hydrogen) atoms. The second kappa shape index (κ2) is 3.90. The zero-order valence-electron chi connectivity index (χ0n) is 5.57. The molecule has 0 radical (unpaired) electrons. The molecular weight excluding hydrogens is 188 g/mol. The second-order valence-electron chi connectivity index (χ2n) is 2.06. The van der Waals surface area contributed by atoms with Crippen molar-refractivity contribution in [2.45, 2.75) is 6.54 Å². The molecule has 0 amide bonds. The Morgan fingerprint density at radius 1 is 1.27 bits per heavy atom. The number of hydrogen-bond donors (Lipinski definition) is 1. The monoisotopic (exact) mass is 193 g/mol. The third-order valence-corrected chi connectivity index (χ3v) is 1.99. The van der Waals surface area contributed by atoms with Gasteiger partial charge in [-0.15, -0.1) is 4.48 Å². The van der Waals surface area contributed by atoms with E-state index in [1.807, 2.05) is 0 Å². The highest BCUT2D eigenvalue weighted by Gasteiger charge is 1.97. The summed E-state index contributed by atoms with van der Waals surface area (Å²) in [6.45, 7) is 0.150. The normalized spacial score (nSPS) is 10.1. The topological polar surface area (TPSA) is 12.0 Å². The van der Waals surface area contributed by atoms with Crippen molar-refractivity contribution in [3.8, 4) is 0 Å². The van der Waals surface area contributed by atoms with Crippen LogP contribution in [0.2, 0.25) is 10.0 Å². The zero-order valence-corrected chi connectivity index (χ0v) is 7.08. The van der Waals surface area contributed by atoms with Crippen molar-refractivity contribution in [3.63, 3.8) is 0 Å². The standard InChI is InChI=1S/C7H6Cl2FN/c8-6-2-1-5(4-11-10)3-7(6)9/h1-3,11H,4H2. The van der Waals surface area contributed by atoms with Gasteiger partial charge in [-0.2, -0.15) is 5.54 Å². The van der Waals surface area contributed by atoms with Crippen molar-refractivity contribution in [2.24, 2.45) is 0 Å². The molecule has 0 heterocycles. The molecule has 0 bridgehead atoms. The Morgan fingerprint density at radius 3 is 2.55 bits per heavy atom. The Hall–Kier alpha value is -0.310. The lowest BCUT2D eigenvalue weighted by molar-refractivity contribution is 0.330. The molecule has 1 rings (SSSR count). The number of rotatable bonds is 2. The molecule has 1 aromatic carbocycles. The lowest BCUT2D eigenvalue weighted by Gasteiger charge is -1.99. The van der Waals surface area contributed by atoms with Crippen LogP contribution in [0.15, 0.2) is 18.2 Å². The average Bonchev–Trinajstić information content (AvgIpc) is 1.98. The molecule has 1 N–H and O–H groups in total. The SMILES string of the molecule is FNCc1ccc(Cl)c(Cl)c1. The van der Waals surface area contributed by atoms with Crippen LogP contribution >= 0.6 is 23.2 Å². The van der Waals surface area contributed by atoms with Gasteiger partial charge in [-0.05, 0) is 17.7 Å². The van der Waals surface area contributed by atoms with Crippen molar-refractivity contribution >= 4 is 23.2 Å². The van der Waals surface area contributed by atoms with Gasteiger partial charge in [0.2, 0.25) is 0 Å². The molecule has 0 saturated carbocycles. The van der Waals surface area contributed by atoms with Gasteiger partial charge >= 0.3 is 0 Å². The highest BCUT2D eigenvalue weighted by atomic mass is 35.5. The minimum Gasteiger partial charge on any atom is -0.155 e. The van der Waals surface area contributed by atoms with Crippen molar-refractivity contribution in [3.05, 3.63) is 33.8 Å². The summed E-state index contributed by atoms with van der Waals surface area (Å²) in [7, 11) is 0. The van der Waals surface area contributed by atoms with Gasteiger partial charge in [0.25, 0.3) is 0 Å². The first-order valence-corrected chi connectivity index (χ1v) is 3.77. The maximum absolute atomic E-state index is 11.6. The van der Waals surface area contributed by atoms with Crippen LogP contribution in [0.25, 0.3) is 0 Å². The summed E-state index contributed by atoms with van der Waals surface area (Å²) in [5, 5.41) is 0.925. The van der Waals surface area contributed by atoms with Gasteiger partial charge < -0.3 is 0 Å². The van der Waals surface area contributed by atoms with Gasteiger partial charge in [0, 0.05) is 0 Å². The Labute approximate surface area is 74.1 Å². The van der Waals surface area contributed by atoms with Gasteiger partial charge in [0.15, 0.2) is 0 Å². The summed E-state index contributed by atoms with van der Waals surface area (Å²) < 4.78 is 11.6. The first-order valence-electron chi connectivity index (χ1n) is 3.01. The van der Waals surface area contributed by atoms with E-state index in [1.54, 1.807) is 18.2 Å². The Kier molecular flexibility index (Phi) is 3.12. The maximum atomic E-state index is 11.6. The Bertz CT molecular complexity index is 252. The Balaban J connectivity index is 2.86. The molecule has 60 valence electrons. The fourth-order valence-corrected chi connectivity index (χ4v) is 1.05. The van der Waals surface area contributed by atoms with Gasteiger partial charge in [0.1, 0.15) is 0 Å². The molecule has 0 aliphatic rings. The molecule has 0 fully saturated rings. The van der Waals surface area contributed by atoms with Crippen LogP contribution < -0.4 is 5.54 Å². The minimum absolute atomic E-state index is 0.150. The van der Waals surface area contributed by atoms with Gasteiger partial charge in [0.05, 0.1) is 16.6 Å². The summed E-state index contributed by atoms with van der Waals surface area (Å²) in [6, 6.07) is 4.97. The number of hydrogen-bond acceptors (Lipinski definition) is 1. The van der Waals surface area contributed by atoms with E-state index in [2.05, 4.69) is 0 Å². The van der Waals surface area contributed by atoms with E-state index >= 15 is 0 Å². The summed E-state index contributed by atoms with van der Waals surface area (Å²) in [5.74, 6) is 0. The molecule has 4 heteroatoms. The van der Waals surface area contributed by atoms with Crippen molar-refractivity contribution < 1.29 is 4.48 Å². The smallest absolute Gasteiger partial charge is 0.0595 e. The molecular formula is C7H6Cl2FN. The average molecular weight is 194 g/mol. The maximum Gasteiger partial charge on any atom is 0.0595 e. The number of halogens is 3. The fraction of sp³-hybridized carbons (Fsp3) is 0.143. The van der Waals surface area contributed by atoms with E-state index in [4.69, 9.17) is 23.2 Å². The highest BCUT2D eigenvalue weighted by molar-refractivity contribution is 6.41. The summed E-state index contributed by atoms with van der Waals surface area (Å²) in [5.41, 5.74) is 2.29. The molecule has 1 aromatic rings. The van der Waals surface area contributed by atoms with Crippen LogP contribution in [0.1, 0.15) is 5.56 Å². The first-order chi connectivity index (χ1) is 5.24. The minimum atomic E-state index is 0.150. The van der Waals surface area contributed by atoms with E-state index in [1.165, 1.54) is 5.54 Å². The van der Waals surface area contributed by atoms with E-state index in [0.717, 1.165) is 5.56 Å². The summed E-state index contributed by atoms with van der Waals surface area (Å²) in [6.07, 6.45) is 0. The molecule has 0 atom stereocenters.